The highest BCUT2D eigenvalue weighted by Gasteiger charge is 2.04. The third-order valence-corrected chi connectivity index (χ3v) is 9.68. The zero-order valence-electron chi connectivity index (χ0n) is 7.80. The molecule has 0 aromatic rings. The molecular weight excluding hydrogens is 191 g/mol. The number of rotatable bonds is 7. The Morgan fingerprint density at radius 1 is 0.909 bits per heavy atom. The molecule has 0 heterocycles. The van der Waals surface area contributed by atoms with E-state index in [1.165, 1.54) is 30.5 Å². The first-order valence-electron chi connectivity index (χ1n) is 4.38. The van der Waals surface area contributed by atoms with Gasteiger partial charge in [0.15, 0.2) is 0 Å². The van der Waals surface area contributed by atoms with Gasteiger partial charge in [-0.1, -0.05) is 20.8 Å². The second kappa shape index (κ2) is 9.22. The minimum absolute atomic E-state index is 0.263. The molecule has 0 aliphatic heterocycles. The molecule has 0 spiro atoms. The van der Waals surface area contributed by atoms with Crippen LogP contribution in [0.2, 0.25) is 0 Å². The summed E-state index contributed by atoms with van der Waals surface area (Å²) in [6.07, 6.45) is 4.30. The van der Waals surface area contributed by atoms with Gasteiger partial charge in [-0.2, -0.15) is 0 Å². The van der Waals surface area contributed by atoms with Crippen LogP contribution in [0.4, 0.5) is 0 Å². The quantitative estimate of drug-likeness (QED) is 0.563. The van der Waals surface area contributed by atoms with Crippen LogP contribution in [-0.2, 0) is 0 Å². The standard InChI is InChI=1S/C8H19PS2/c1-4-7-10-9(6-3)11-8-5-2/h4-8H2,1-3H3. The number of hydrogen-bond acceptors (Lipinski definition) is 2. The van der Waals surface area contributed by atoms with Gasteiger partial charge in [0.25, 0.3) is 0 Å². The van der Waals surface area contributed by atoms with E-state index in [1.54, 1.807) is 0 Å². The van der Waals surface area contributed by atoms with Gasteiger partial charge in [0.05, 0.1) is 0 Å². The van der Waals surface area contributed by atoms with Crippen LogP contribution in [0.5, 0.6) is 0 Å². The predicted molar refractivity (Wildman–Crippen MR) is 63.0 cm³/mol. The molecule has 0 amide bonds. The molecule has 0 bridgehead atoms. The molecule has 0 nitrogen and oxygen atoms in total. The maximum atomic E-state index is 2.32. The van der Waals surface area contributed by atoms with Crippen molar-refractivity contribution >= 4 is 29.1 Å². The van der Waals surface area contributed by atoms with E-state index in [1.807, 2.05) is 0 Å². The molecule has 0 radical (unpaired) electrons. The Balaban J connectivity index is 3.25. The van der Waals surface area contributed by atoms with Crippen molar-refractivity contribution in [1.29, 1.82) is 0 Å². The fourth-order valence-electron chi connectivity index (χ4n) is 0.606. The predicted octanol–water partition coefficient (Wildman–Crippen LogP) is 4.60. The first-order chi connectivity index (χ1) is 5.35. The molecule has 0 aromatic heterocycles. The fraction of sp³-hybridized carbons (Fsp3) is 1.00. The van der Waals surface area contributed by atoms with Crippen molar-refractivity contribution < 1.29 is 0 Å². The summed E-state index contributed by atoms with van der Waals surface area (Å²) in [5.74, 6) is 2.71. The van der Waals surface area contributed by atoms with E-state index < -0.39 is 0 Å². The summed E-state index contributed by atoms with van der Waals surface area (Å²) < 4.78 is 0. The molecule has 0 saturated heterocycles. The van der Waals surface area contributed by atoms with Crippen molar-refractivity contribution in [2.24, 2.45) is 0 Å². The van der Waals surface area contributed by atoms with E-state index in [2.05, 4.69) is 43.5 Å². The summed E-state index contributed by atoms with van der Waals surface area (Å²) in [7, 11) is 0. The van der Waals surface area contributed by atoms with Crippen molar-refractivity contribution in [3.8, 4) is 0 Å². The summed E-state index contributed by atoms with van der Waals surface area (Å²) in [5, 5.41) is 0. The van der Waals surface area contributed by atoms with Gasteiger partial charge in [-0.05, 0) is 30.5 Å². The molecule has 0 atom stereocenters. The van der Waals surface area contributed by atoms with Gasteiger partial charge < -0.3 is 0 Å². The van der Waals surface area contributed by atoms with E-state index in [0.717, 1.165) is 0 Å². The minimum atomic E-state index is 0.263. The maximum Gasteiger partial charge on any atom is 0.0119 e. The topological polar surface area (TPSA) is 0 Å². The van der Waals surface area contributed by atoms with Gasteiger partial charge in [0.1, 0.15) is 0 Å². The highest BCUT2D eigenvalue weighted by atomic mass is 33.1. The fourth-order valence-corrected chi connectivity index (χ4v) is 7.47. The van der Waals surface area contributed by atoms with E-state index >= 15 is 0 Å². The smallest absolute Gasteiger partial charge is 0.0119 e. The lowest BCUT2D eigenvalue weighted by molar-refractivity contribution is 1.11. The average molecular weight is 210 g/mol. The Bertz CT molecular complexity index is 70.5. The molecule has 0 aliphatic rings. The molecule has 0 unspecified atom stereocenters. The van der Waals surface area contributed by atoms with Gasteiger partial charge >= 0.3 is 0 Å². The molecule has 0 saturated carbocycles. The van der Waals surface area contributed by atoms with Gasteiger partial charge in [-0.3, -0.25) is 0 Å². The Hall–Kier alpha value is 1.13. The third-order valence-electron chi connectivity index (χ3n) is 1.14. The highest BCUT2D eigenvalue weighted by molar-refractivity contribution is 8.88. The highest BCUT2D eigenvalue weighted by Crippen LogP contribution is 2.60. The van der Waals surface area contributed by atoms with Crippen molar-refractivity contribution in [1.82, 2.24) is 0 Å². The monoisotopic (exact) mass is 210 g/mol. The van der Waals surface area contributed by atoms with Crippen LogP contribution >= 0.6 is 29.1 Å². The van der Waals surface area contributed by atoms with Crippen LogP contribution in [0.15, 0.2) is 0 Å². The normalized spacial score (nSPS) is 10.9. The molecule has 3 heteroatoms. The summed E-state index contributed by atoms with van der Waals surface area (Å²) in [6.45, 7) is 6.85. The van der Waals surface area contributed by atoms with Crippen LogP contribution in [0.25, 0.3) is 0 Å². The zero-order chi connectivity index (χ0) is 8.53. The Morgan fingerprint density at radius 3 is 1.64 bits per heavy atom. The minimum Gasteiger partial charge on any atom is -0.123 e. The lowest BCUT2D eigenvalue weighted by atomic mass is 10.6. The molecule has 0 rings (SSSR count). The summed E-state index contributed by atoms with van der Waals surface area (Å²) >= 11 is 4.38. The molecular formula is C8H19PS2. The van der Waals surface area contributed by atoms with Gasteiger partial charge in [-0.25, -0.2) is 0 Å². The van der Waals surface area contributed by atoms with E-state index in [-0.39, 0.29) is 6.33 Å². The largest absolute Gasteiger partial charge is 0.123 e. The van der Waals surface area contributed by atoms with Crippen LogP contribution in [0, 0.1) is 0 Å². The zero-order valence-corrected chi connectivity index (χ0v) is 10.3. The molecule has 11 heavy (non-hydrogen) atoms. The van der Waals surface area contributed by atoms with Gasteiger partial charge in [0, 0.05) is 6.33 Å². The van der Waals surface area contributed by atoms with E-state index in [0.29, 0.717) is 0 Å². The molecule has 0 fully saturated rings. The Morgan fingerprint density at radius 2 is 1.36 bits per heavy atom. The second-order valence-electron chi connectivity index (χ2n) is 2.32. The van der Waals surface area contributed by atoms with Gasteiger partial charge in [0.2, 0.25) is 0 Å². The molecule has 0 aliphatic carbocycles. The van der Waals surface area contributed by atoms with Crippen LogP contribution in [-0.4, -0.2) is 17.7 Å². The molecule has 0 N–H and O–H groups in total. The Labute approximate surface area is 80.5 Å². The first-order valence-corrected chi connectivity index (χ1v) is 9.09. The first kappa shape index (κ1) is 12.1. The van der Waals surface area contributed by atoms with Crippen molar-refractivity contribution in [2.45, 2.75) is 33.6 Å². The summed E-state index contributed by atoms with van der Waals surface area (Å²) in [6, 6.07) is 0. The van der Waals surface area contributed by atoms with E-state index in [9.17, 15) is 0 Å². The summed E-state index contributed by atoms with van der Waals surface area (Å²) in [4.78, 5) is 0. The van der Waals surface area contributed by atoms with Gasteiger partial charge in [-0.15, -0.1) is 22.8 Å². The van der Waals surface area contributed by atoms with Crippen LogP contribution < -0.4 is 0 Å². The SMILES string of the molecule is CCCSP(CC)SCCC. The van der Waals surface area contributed by atoms with E-state index in [4.69, 9.17) is 0 Å². The lowest BCUT2D eigenvalue weighted by Crippen LogP contribution is -1.76. The van der Waals surface area contributed by atoms with Crippen LogP contribution in [0.3, 0.4) is 0 Å². The summed E-state index contributed by atoms with van der Waals surface area (Å²) in [5.41, 5.74) is 0. The second-order valence-corrected chi connectivity index (χ2v) is 9.83. The molecule has 0 aromatic carbocycles. The van der Waals surface area contributed by atoms with Crippen molar-refractivity contribution in [3.05, 3.63) is 0 Å². The maximum absolute atomic E-state index is 2.32. The van der Waals surface area contributed by atoms with Crippen LogP contribution in [0.1, 0.15) is 33.6 Å². The Kier molecular flexibility index (Phi) is 10.2. The molecule has 68 valence electrons. The average Bonchev–Trinajstić information content (AvgIpc) is 2.05. The third kappa shape index (κ3) is 7.49. The lowest BCUT2D eigenvalue weighted by Gasteiger charge is -2.12. The number of hydrogen-bond donors (Lipinski definition) is 0. The van der Waals surface area contributed by atoms with Crippen molar-refractivity contribution in [3.63, 3.8) is 0 Å². The van der Waals surface area contributed by atoms with Crippen molar-refractivity contribution in [2.75, 3.05) is 17.7 Å².